The van der Waals surface area contributed by atoms with Crippen LogP contribution in [0.5, 0.6) is 0 Å². The summed E-state index contributed by atoms with van der Waals surface area (Å²) in [5, 5.41) is 23.7. The minimum absolute atomic E-state index is 0.189. The lowest BCUT2D eigenvalue weighted by Crippen LogP contribution is -2.68. The number of hydrogen-bond donors (Lipinski definition) is 3. The molecule has 0 aliphatic carbocycles. The number of carbonyl (C=O) groups is 2. The molecule has 1 saturated heterocycles. The van der Waals surface area contributed by atoms with Crippen LogP contribution in [0.2, 0.25) is 0 Å². The number of carboxylic acids is 1. The number of carboxylic acid groups (broad SMARTS) is 1. The largest absolute Gasteiger partial charge is 0.477 e. The van der Waals surface area contributed by atoms with Gasteiger partial charge in [-0.25, -0.2) is 9.78 Å². The van der Waals surface area contributed by atoms with Crippen LogP contribution in [-0.4, -0.2) is 64.4 Å². The summed E-state index contributed by atoms with van der Waals surface area (Å²) in [5.41, 5.74) is 4.59. The molecule has 2 aliphatic heterocycles. The molecule has 1 fully saturated rings. The van der Waals surface area contributed by atoms with Gasteiger partial charge in [0.25, 0.3) is 0 Å². The van der Waals surface area contributed by atoms with Gasteiger partial charge in [0.05, 0.1) is 0 Å². The lowest BCUT2D eigenvalue weighted by molar-refractivity contribution is -0.148. The number of aryl methyl sites for hydroxylation is 1. The van der Waals surface area contributed by atoms with Crippen molar-refractivity contribution >= 4 is 35.4 Å². The SMILES string of the molecule is Cn1cnc(SC(O)C2=C(C(=O)O)N3C(=O)C(N)C3SC2)n1. The highest BCUT2D eigenvalue weighted by Crippen LogP contribution is 2.42. The molecular formula is C11H13N5O4S2. The van der Waals surface area contributed by atoms with Gasteiger partial charge < -0.3 is 15.9 Å². The van der Waals surface area contributed by atoms with E-state index in [4.69, 9.17) is 5.73 Å². The number of nitrogens with zero attached hydrogens (tertiary/aromatic N) is 4. The summed E-state index contributed by atoms with van der Waals surface area (Å²) in [7, 11) is 1.69. The van der Waals surface area contributed by atoms with Crippen LogP contribution in [0, 0.1) is 0 Å². The number of fused-ring (bicyclic) bond motifs is 1. The third-order valence-electron chi connectivity index (χ3n) is 3.34. The Balaban J connectivity index is 1.89. The van der Waals surface area contributed by atoms with Gasteiger partial charge in [-0.1, -0.05) is 0 Å². The quantitative estimate of drug-likeness (QED) is 0.350. The summed E-state index contributed by atoms with van der Waals surface area (Å²) >= 11 is 2.27. The van der Waals surface area contributed by atoms with E-state index in [0.29, 0.717) is 5.16 Å². The molecule has 9 nitrogen and oxygen atoms in total. The van der Waals surface area contributed by atoms with Crippen molar-refractivity contribution in [2.75, 3.05) is 5.75 Å². The molecule has 3 unspecified atom stereocenters. The van der Waals surface area contributed by atoms with Gasteiger partial charge in [0.15, 0.2) is 0 Å². The molecule has 3 heterocycles. The van der Waals surface area contributed by atoms with E-state index in [-0.39, 0.29) is 22.4 Å². The second-order valence-electron chi connectivity index (χ2n) is 4.79. The molecule has 0 saturated carbocycles. The van der Waals surface area contributed by atoms with Crippen LogP contribution in [0.3, 0.4) is 0 Å². The van der Waals surface area contributed by atoms with Crippen LogP contribution in [0.15, 0.2) is 22.8 Å². The number of amides is 1. The fourth-order valence-electron chi connectivity index (χ4n) is 2.27. The first-order valence-corrected chi connectivity index (χ1v) is 8.20. The number of aliphatic hydroxyl groups excluding tert-OH is 1. The summed E-state index contributed by atoms with van der Waals surface area (Å²) in [6.07, 6.45) is 1.48. The second kappa shape index (κ2) is 5.57. The summed E-state index contributed by atoms with van der Waals surface area (Å²) in [6.45, 7) is 0. The maximum Gasteiger partial charge on any atom is 0.352 e. The van der Waals surface area contributed by atoms with E-state index in [1.54, 1.807) is 7.05 Å². The highest BCUT2D eigenvalue weighted by atomic mass is 32.2. The normalized spacial score (nSPS) is 25.8. The Morgan fingerprint density at radius 3 is 2.95 bits per heavy atom. The van der Waals surface area contributed by atoms with Gasteiger partial charge in [-0.05, 0) is 11.8 Å². The third kappa shape index (κ3) is 2.39. The number of aromatic nitrogens is 3. The topological polar surface area (TPSA) is 135 Å². The first-order chi connectivity index (χ1) is 10.4. The standard InChI is InChI=1S/C11H13N5O4S2/c1-15-3-13-11(14-15)22-10(20)4-2-21-8-5(12)7(17)16(8)6(4)9(18)19/h3,5,8,10,20H,2,12H2,1H3,(H,18,19). The van der Waals surface area contributed by atoms with Crippen LogP contribution < -0.4 is 5.73 Å². The van der Waals surface area contributed by atoms with Gasteiger partial charge in [0.2, 0.25) is 11.1 Å². The summed E-state index contributed by atoms with van der Waals surface area (Å²) in [5.74, 6) is -1.42. The number of hydrogen-bond acceptors (Lipinski definition) is 8. The van der Waals surface area contributed by atoms with Crippen LogP contribution in [0.1, 0.15) is 0 Å². The molecule has 4 N–H and O–H groups in total. The van der Waals surface area contributed by atoms with Gasteiger partial charge in [0, 0.05) is 18.4 Å². The lowest BCUT2D eigenvalue weighted by atomic mass is 10.0. The Labute approximate surface area is 133 Å². The van der Waals surface area contributed by atoms with Gasteiger partial charge >= 0.3 is 5.97 Å². The highest BCUT2D eigenvalue weighted by Gasteiger charge is 2.52. The minimum atomic E-state index is -1.26. The van der Waals surface area contributed by atoms with Crippen LogP contribution in [0.4, 0.5) is 0 Å². The maximum atomic E-state index is 11.8. The van der Waals surface area contributed by atoms with Crippen LogP contribution in [-0.2, 0) is 16.6 Å². The van der Waals surface area contributed by atoms with Crippen molar-refractivity contribution in [2.24, 2.45) is 12.8 Å². The molecule has 3 atom stereocenters. The molecule has 11 heteroatoms. The first kappa shape index (κ1) is 15.3. The number of aliphatic hydroxyl groups is 1. The Morgan fingerprint density at radius 2 is 2.36 bits per heavy atom. The zero-order valence-electron chi connectivity index (χ0n) is 11.4. The van der Waals surface area contributed by atoms with Crippen LogP contribution in [0.25, 0.3) is 0 Å². The smallest absolute Gasteiger partial charge is 0.352 e. The highest BCUT2D eigenvalue weighted by molar-refractivity contribution is 8.01. The molecular weight excluding hydrogens is 330 g/mol. The molecule has 2 aliphatic rings. The molecule has 3 rings (SSSR count). The van der Waals surface area contributed by atoms with Crippen molar-refractivity contribution < 1.29 is 19.8 Å². The molecule has 1 amide bonds. The average molecular weight is 343 g/mol. The number of rotatable bonds is 4. The summed E-state index contributed by atoms with van der Waals surface area (Å²) < 4.78 is 1.48. The lowest BCUT2D eigenvalue weighted by Gasteiger charge is -2.48. The van der Waals surface area contributed by atoms with E-state index in [9.17, 15) is 19.8 Å². The first-order valence-electron chi connectivity index (χ1n) is 6.27. The molecule has 1 aromatic heterocycles. The third-order valence-corrected chi connectivity index (χ3v) is 5.56. The minimum Gasteiger partial charge on any atom is -0.477 e. The van der Waals surface area contributed by atoms with Gasteiger partial charge in [-0.15, -0.1) is 16.9 Å². The van der Waals surface area contributed by atoms with E-state index < -0.39 is 23.4 Å². The summed E-state index contributed by atoms with van der Waals surface area (Å²) in [4.78, 5) is 28.4. The zero-order chi connectivity index (χ0) is 16.0. The Kier molecular flexibility index (Phi) is 3.89. The number of thioether (sulfide) groups is 2. The molecule has 0 aromatic carbocycles. The van der Waals surface area contributed by atoms with E-state index in [1.165, 1.54) is 22.8 Å². The fourth-order valence-corrected chi connectivity index (χ4v) is 4.53. The van der Waals surface area contributed by atoms with E-state index >= 15 is 0 Å². The van der Waals surface area contributed by atoms with Crippen molar-refractivity contribution in [3.8, 4) is 0 Å². The molecule has 0 spiro atoms. The number of aliphatic carboxylic acids is 1. The molecule has 0 radical (unpaired) electrons. The van der Waals surface area contributed by atoms with Crippen molar-refractivity contribution in [2.45, 2.75) is 22.0 Å². The average Bonchev–Trinajstić information content (AvgIpc) is 2.89. The summed E-state index contributed by atoms with van der Waals surface area (Å²) in [6, 6.07) is -0.692. The van der Waals surface area contributed by atoms with E-state index in [1.807, 2.05) is 0 Å². The van der Waals surface area contributed by atoms with E-state index in [0.717, 1.165) is 16.7 Å². The monoisotopic (exact) mass is 343 g/mol. The second-order valence-corrected chi connectivity index (χ2v) is 6.94. The molecule has 0 bridgehead atoms. The number of β-lactam (4-membered cyclic amide) rings is 1. The Morgan fingerprint density at radius 1 is 1.64 bits per heavy atom. The van der Waals surface area contributed by atoms with Crippen molar-refractivity contribution in [3.05, 3.63) is 17.6 Å². The van der Waals surface area contributed by atoms with Crippen molar-refractivity contribution in [3.63, 3.8) is 0 Å². The molecule has 22 heavy (non-hydrogen) atoms. The number of carbonyl (C=O) groups excluding carboxylic acids is 1. The molecule has 1 aromatic rings. The Hall–Kier alpha value is -1.56. The van der Waals surface area contributed by atoms with Crippen LogP contribution >= 0.6 is 23.5 Å². The predicted octanol–water partition coefficient (Wildman–Crippen LogP) is -1.19. The predicted molar refractivity (Wildman–Crippen MR) is 78.6 cm³/mol. The van der Waals surface area contributed by atoms with E-state index in [2.05, 4.69) is 10.1 Å². The molecule has 118 valence electrons. The van der Waals surface area contributed by atoms with Gasteiger partial charge in [0.1, 0.15) is 28.9 Å². The van der Waals surface area contributed by atoms with Gasteiger partial charge in [-0.3, -0.25) is 14.4 Å². The van der Waals surface area contributed by atoms with Crippen molar-refractivity contribution in [1.82, 2.24) is 19.7 Å². The Bertz CT molecular complexity index is 675. The van der Waals surface area contributed by atoms with Crippen molar-refractivity contribution in [1.29, 1.82) is 0 Å². The fraction of sp³-hybridized carbons (Fsp3) is 0.455. The number of nitrogens with two attached hydrogens (primary N) is 1. The van der Waals surface area contributed by atoms with Gasteiger partial charge in [-0.2, -0.15) is 0 Å². The zero-order valence-corrected chi connectivity index (χ0v) is 13.0. The maximum absolute atomic E-state index is 11.8.